The summed E-state index contributed by atoms with van der Waals surface area (Å²) in [5, 5.41) is 0. The van der Waals surface area contributed by atoms with Gasteiger partial charge in [-0.25, -0.2) is 9.97 Å². The van der Waals surface area contributed by atoms with Gasteiger partial charge in [0.05, 0.1) is 11.3 Å². The average molecular weight is 408 g/mol. The Morgan fingerprint density at radius 2 is 1.80 bits per heavy atom. The standard InChI is InChI=1S/C23H29N5O2/c1-17(2)26-11-13-27(14-12-26)21(29)16-28-10-6-9-20-19(23(28)30)15-24-22(25-20)18-7-4-3-5-8-18/h3-5,7-8,15,17H,6,9-14,16H2,1-2H3. The highest BCUT2D eigenvalue weighted by Gasteiger charge is 2.29. The van der Waals surface area contributed by atoms with Crippen LogP contribution >= 0.6 is 0 Å². The minimum atomic E-state index is -0.142. The van der Waals surface area contributed by atoms with Gasteiger partial charge in [0, 0.05) is 50.5 Å². The molecule has 1 aromatic heterocycles. The van der Waals surface area contributed by atoms with Gasteiger partial charge in [-0.05, 0) is 26.7 Å². The number of amides is 2. The Labute approximate surface area is 177 Å². The van der Waals surface area contributed by atoms with Crippen LogP contribution in [0.15, 0.2) is 36.5 Å². The largest absolute Gasteiger partial charge is 0.339 e. The van der Waals surface area contributed by atoms with Gasteiger partial charge in [0.25, 0.3) is 5.91 Å². The summed E-state index contributed by atoms with van der Waals surface area (Å²) >= 11 is 0. The number of rotatable bonds is 4. The highest BCUT2D eigenvalue weighted by molar-refractivity contribution is 5.97. The van der Waals surface area contributed by atoms with Crippen LogP contribution in [-0.2, 0) is 11.2 Å². The molecule has 0 aliphatic carbocycles. The van der Waals surface area contributed by atoms with Gasteiger partial charge in [-0.2, -0.15) is 0 Å². The molecular formula is C23H29N5O2. The van der Waals surface area contributed by atoms with Gasteiger partial charge >= 0.3 is 0 Å². The van der Waals surface area contributed by atoms with Crippen molar-refractivity contribution in [1.29, 1.82) is 0 Å². The summed E-state index contributed by atoms with van der Waals surface area (Å²) in [4.78, 5) is 40.9. The Morgan fingerprint density at radius 3 is 2.50 bits per heavy atom. The first kappa shape index (κ1) is 20.5. The van der Waals surface area contributed by atoms with E-state index in [0.29, 0.717) is 30.4 Å². The normalized spacial score (nSPS) is 17.8. The van der Waals surface area contributed by atoms with E-state index in [4.69, 9.17) is 0 Å². The molecule has 7 nitrogen and oxygen atoms in total. The zero-order valence-corrected chi connectivity index (χ0v) is 17.8. The molecule has 0 N–H and O–H groups in total. The molecule has 3 heterocycles. The van der Waals surface area contributed by atoms with Crippen LogP contribution in [0.5, 0.6) is 0 Å². The third-order valence-electron chi connectivity index (χ3n) is 5.98. The summed E-state index contributed by atoms with van der Waals surface area (Å²) < 4.78 is 0. The summed E-state index contributed by atoms with van der Waals surface area (Å²) in [5.74, 6) is 0.517. The summed E-state index contributed by atoms with van der Waals surface area (Å²) in [6.07, 6.45) is 3.12. The Bertz CT molecular complexity index is 907. The second kappa shape index (κ2) is 8.92. The van der Waals surface area contributed by atoms with Crippen molar-refractivity contribution in [2.75, 3.05) is 39.3 Å². The van der Waals surface area contributed by atoms with E-state index in [1.54, 1.807) is 11.1 Å². The molecule has 2 aliphatic heterocycles. The van der Waals surface area contributed by atoms with Gasteiger partial charge in [-0.15, -0.1) is 0 Å². The predicted molar refractivity (Wildman–Crippen MR) is 115 cm³/mol. The van der Waals surface area contributed by atoms with Crippen LogP contribution in [0, 0.1) is 0 Å². The first-order chi connectivity index (χ1) is 14.5. The van der Waals surface area contributed by atoms with Gasteiger partial charge in [0.1, 0.15) is 6.54 Å². The molecule has 30 heavy (non-hydrogen) atoms. The third-order valence-corrected chi connectivity index (χ3v) is 5.98. The van der Waals surface area contributed by atoms with E-state index in [0.717, 1.165) is 43.9 Å². The summed E-state index contributed by atoms with van der Waals surface area (Å²) in [6.45, 7) is 8.26. The van der Waals surface area contributed by atoms with E-state index in [9.17, 15) is 9.59 Å². The lowest BCUT2D eigenvalue weighted by Gasteiger charge is -2.37. The van der Waals surface area contributed by atoms with Crippen LogP contribution in [0.3, 0.4) is 0 Å². The summed E-state index contributed by atoms with van der Waals surface area (Å²) in [6, 6.07) is 10.3. The van der Waals surface area contributed by atoms with Crippen molar-refractivity contribution in [1.82, 2.24) is 24.7 Å². The molecule has 158 valence electrons. The fourth-order valence-electron chi connectivity index (χ4n) is 4.12. The molecule has 4 rings (SSSR count). The van der Waals surface area contributed by atoms with Crippen LogP contribution in [0.4, 0.5) is 0 Å². The van der Waals surface area contributed by atoms with Crippen molar-refractivity contribution < 1.29 is 9.59 Å². The molecule has 2 amide bonds. The zero-order valence-electron chi connectivity index (χ0n) is 17.8. The number of fused-ring (bicyclic) bond motifs is 1. The van der Waals surface area contributed by atoms with Gasteiger partial charge in [0.2, 0.25) is 5.91 Å². The molecule has 2 aromatic rings. The second-order valence-corrected chi connectivity index (χ2v) is 8.26. The Kier molecular flexibility index (Phi) is 6.08. The van der Waals surface area contributed by atoms with Gasteiger partial charge < -0.3 is 9.80 Å². The third kappa shape index (κ3) is 4.36. The minimum Gasteiger partial charge on any atom is -0.339 e. The van der Waals surface area contributed by atoms with Crippen molar-refractivity contribution in [3.63, 3.8) is 0 Å². The fourth-order valence-corrected chi connectivity index (χ4v) is 4.12. The average Bonchev–Trinajstić information content (AvgIpc) is 2.93. The Hall–Kier alpha value is -2.80. The first-order valence-electron chi connectivity index (χ1n) is 10.8. The van der Waals surface area contributed by atoms with Crippen LogP contribution in [0.2, 0.25) is 0 Å². The van der Waals surface area contributed by atoms with Crippen LogP contribution in [0.1, 0.15) is 36.3 Å². The molecule has 1 fully saturated rings. The lowest BCUT2D eigenvalue weighted by atomic mass is 10.1. The number of aryl methyl sites for hydroxylation is 1. The number of hydrogen-bond acceptors (Lipinski definition) is 5. The molecule has 1 aromatic carbocycles. The summed E-state index contributed by atoms with van der Waals surface area (Å²) in [5.41, 5.74) is 2.23. The molecule has 7 heteroatoms. The van der Waals surface area contributed by atoms with Crippen molar-refractivity contribution in [3.8, 4) is 11.4 Å². The maximum absolute atomic E-state index is 13.1. The number of piperazine rings is 1. The van der Waals surface area contributed by atoms with E-state index in [-0.39, 0.29) is 18.4 Å². The number of benzene rings is 1. The highest BCUT2D eigenvalue weighted by atomic mass is 16.2. The van der Waals surface area contributed by atoms with Crippen molar-refractivity contribution in [2.45, 2.75) is 32.7 Å². The molecule has 0 unspecified atom stereocenters. The molecule has 0 radical (unpaired) electrons. The van der Waals surface area contributed by atoms with Gasteiger partial charge in [-0.1, -0.05) is 30.3 Å². The van der Waals surface area contributed by atoms with Gasteiger partial charge in [-0.3, -0.25) is 14.5 Å². The topological polar surface area (TPSA) is 69.6 Å². The lowest BCUT2D eigenvalue weighted by Crippen LogP contribution is -2.53. The summed E-state index contributed by atoms with van der Waals surface area (Å²) in [7, 11) is 0. The molecule has 1 saturated heterocycles. The fraction of sp³-hybridized carbons (Fsp3) is 0.478. The van der Waals surface area contributed by atoms with Gasteiger partial charge in [0.15, 0.2) is 5.82 Å². The second-order valence-electron chi connectivity index (χ2n) is 8.26. The van der Waals surface area contributed by atoms with Crippen molar-refractivity contribution in [3.05, 3.63) is 47.8 Å². The van der Waals surface area contributed by atoms with E-state index in [1.165, 1.54) is 0 Å². The molecular weight excluding hydrogens is 378 g/mol. The number of carbonyl (C=O) groups is 2. The van der Waals surface area contributed by atoms with E-state index >= 15 is 0 Å². The Balaban J connectivity index is 1.44. The van der Waals surface area contributed by atoms with E-state index < -0.39 is 0 Å². The van der Waals surface area contributed by atoms with Crippen LogP contribution in [0.25, 0.3) is 11.4 Å². The van der Waals surface area contributed by atoms with Crippen molar-refractivity contribution in [2.24, 2.45) is 0 Å². The van der Waals surface area contributed by atoms with Crippen LogP contribution < -0.4 is 0 Å². The van der Waals surface area contributed by atoms with Crippen LogP contribution in [-0.4, -0.2) is 81.8 Å². The number of carbonyl (C=O) groups excluding carboxylic acids is 2. The molecule has 2 aliphatic rings. The quantitative estimate of drug-likeness (QED) is 0.776. The molecule has 0 spiro atoms. The molecule has 0 bridgehead atoms. The van der Waals surface area contributed by atoms with E-state index in [1.807, 2.05) is 35.2 Å². The smallest absolute Gasteiger partial charge is 0.257 e. The molecule has 0 atom stereocenters. The number of nitrogens with zero attached hydrogens (tertiary/aromatic N) is 5. The minimum absolute atomic E-state index is 0.0250. The monoisotopic (exact) mass is 407 g/mol. The SMILES string of the molecule is CC(C)N1CCN(C(=O)CN2CCCc3nc(-c4ccccc4)ncc3C2=O)CC1. The van der Waals surface area contributed by atoms with Crippen molar-refractivity contribution >= 4 is 11.8 Å². The molecule has 0 saturated carbocycles. The number of hydrogen-bond donors (Lipinski definition) is 0. The lowest BCUT2D eigenvalue weighted by molar-refractivity contribution is -0.133. The maximum atomic E-state index is 13.1. The van der Waals surface area contributed by atoms with E-state index in [2.05, 4.69) is 28.7 Å². The predicted octanol–water partition coefficient (Wildman–Crippen LogP) is 2.08. The maximum Gasteiger partial charge on any atom is 0.257 e. The highest BCUT2D eigenvalue weighted by Crippen LogP contribution is 2.21. The zero-order chi connectivity index (χ0) is 21.1. The first-order valence-corrected chi connectivity index (χ1v) is 10.8. The number of aromatic nitrogens is 2. The Morgan fingerprint density at radius 1 is 1.07 bits per heavy atom.